The van der Waals surface area contributed by atoms with E-state index in [1.54, 1.807) is 12.1 Å². The molecule has 3 nitrogen and oxygen atoms in total. The van der Waals surface area contributed by atoms with Gasteiger partial charge in [0.1, 0.15) is 18.0 Å². The summed E-state index contributed by atoms with van der Waals surface area (Å²) in [4.78, 5) is 12.7. The highest BCUT2D eigenvalue weighted by atomic mass is 19.2. The third-order valence-electron chi connectivity index (χ3n) is 8.13. The van der Waals surface area contributed by atoms with Crippen LogP contribution in [-0.4, -0.2) is 18.7 Å². The highest BCUT2D eigenvalue weighted by Gasteiger charge is 2.31. The van der Waals surface area contributed by atoms with Crippen LogP contribution in [0.5, 0.6) is 0 Å². The summed E-state index contributed by atoms with van der Waals surface area (Å²) in [5.74, 6) is -2.61. The van der Waals surface area contributed by atoms with E-state index in [9.17, 15) is 18.0 Å². The molecule has 0 aromatic heterocycles. The van der Waals surface area contributed by atoms with Crippen molar-refractivity contribution in [2.45, 2.75) is 82.3 Å². The van der Waals surface area contributed by atoms with Gasteiger partial charge < -0.3 is 9.47 Å². The van der Waals surface area contributed by atoms with Gasteiger partial charge in [-0.1, -0.05) is 30.4 Å². The molecule has 0 bridgehead atoms. The van der Waals surface area contributed by atoms with Crippen LogP contribution in [0.15, 0.2) is 42.5 Å². The SMILES string of the molecule is C/C=C/C1CCC(c2ccc(C(=O)OC3CCC(c4ccc(C5CO5)cc4F)CC3)c(F)c2F)CC1. The number of esters is 1. The van der Waals surface area contributed by atoms with Gasteiger partial charge in [-0.3, -0.25) is 0 Å². The maximum absolute atomic E-state index is 14.9. The lowest BCUT2D eigenvalue weighted by atomic mass is 9.78. The number of epoxide rings is 1. The number of hydrogen-bond donors (Lipinski definition) is 0. The molecule has 2 aromatic rings. The fraction of sp³-hybridized carbons (Fsp3) is 0.500. The smallest absolute Gasteiger partial charge is 0.341 e. The average Bonchev–Trinajstić information content (AvgIpc) is 3.73. The van der Waals surface area contributed by atoms with Crippen molar-refractivity contribution in [2.24, 2.45) is 5.92 Å². The van der Waals surface area contributed by atoms with Crippen LogP contribution in [0.4, 0.5) is 13.2 Å². The van der Waals surface area contributed by atoms with Gasteiger partial charge in [-0.2, -0.15) is 0 Å². The number of benzene rings is 2. The van der Waals surface area contributed by atoms with Crippen LogP contribution in [0.2, 0.25) is 0 Å². The van der Waals surface area contributed by atoms with E-state index in [2.05, 4.69) is 6.08 Å². The van der Waals surface area contributed by atoms with Gasteiger partial charge in [0, 0.05) is 0 Å². The fourth-order valence-corrected chi connectivity index (χ4v) is 5.95. The third-order valence-corrected chi connectivity index (χ3v) is 8.13. The van der Waals surface area contributed by atoms with Crippen molar-refractivity contribution in [1.29, 1.82) is 0 Å². The van der Waals surface area contributed by atoms with Crippen LogP contribution in [0, 0.1) is 23.4 Å². The van der Waals surface area contributed by atoms with Crippen molar-refractivity contribution in [2.75, 3.05) is 6.61 Å². The van der Waals surface area contributed by atoms with Gasteiger partial charge in [0.2, 0.25) is 0 Å². The van der Waals surface area contributed by atoms with E-state index < -0.39 is 17.6 Å². The lowest BCUT2D eigenvalue weighted by molar-refractivity contribution is 0.0188. The summed E-state index contributed by atoms with van der Waals surface area (Å²) in [6.45, 7) is 2.63. The standard InChI is InChI=1S/C30H33F3O3/c1-2-3-18-4-6-20(7-5-18)24-14-15-25(29(33)28(24)32)30(34)36-22-11-8-19(9-12-22)23-13-10-21(16-26(23)31)27-17-35-27/h2-3,10,13-16,18-20,22,27H,4-9,11-12,17H2,1H3/b3-2+. The first-order valence-corrected chi connectivity index (χ1v) is 13.2. The van der Waals surface area contributed by atoms with E-state index in [1.165, 1.54) is 6.07 Å². The third kappa shape index (κ3) is 5.39. The van der Waals surface area contributed by atoms with E-state index in [4.69, 9.17) is 9.47 Å². The minimum absolute atomic E-state index is 0.0150. The van der Waals surface area contributed by atoms with Crippen molar-refractivity contribution >= 4 is 5.97 Å². The molecule has 0 amide bonds. The molecule has 1 unspecified atom stereocenters. The second-order valence-electron chi connectivity index (χ2n) is 10.4. The number of hydrogen-bond acceptors (Lipinski definition) is 3. The van der Waals surface area contributed by atoms with E-state index in [0.29, 0.717) is 49.3 Å². The Balaban J connectivity index is 1.17. The van der Waals surface area contributed by atoms with E-state index in [-0.39, 0.29) is 35.4 Å². The van der Waals surface area contributed by atoms with Gasteiger partial charge >= 0.3 is 5.97 Å². The summed E-state index contributed by atoms with van der Waals surface area (Å²) in [7, 11) is 0. The number of rotatable bonds is 6. The number of carbonyl (C=O) groups excluding carboxylic acids is 1. The average molecular weight is 499 g/mol. The Morgan fingerprint density at radius 3 is 2.17 bits per heavy atom. The largest absolute Gasteiger partial charge is 0.459 e. The van der Waals surface area contributed by atoms with Crippen LogP contribution < -0.4 is 0 Å². The van der Waals surface area contributed by atoms with Gasteiger partial charge in [-0.25, -0.2) is 18.0 Å². The molecule has 0 N–H and O–H groups in total. The maximum Gasteiger partial charge on any atom is 0.341 e. The summed E-state index contributed by atoms with van der Waals surface area (Å²) in [5, 5.41) is 0. The first-order valence-electron chi connectivity index (χ1n) is 13.2. The summed E-state index contributed by atoms with van der Waals surface area (Å²) < 4.78 is 55.3. The molecule has 3 aliphatic rings. The van der Waals surface area contributed by atoms with E-state index in [1.807, 2.05) is 25.1 Å². The first-order chi connectivity index (χ1) is 17.4. The molecule has 2 aromatic carbocycles. The highest BCUT2D eigenvalue weighted by Crippen LogP contribution is 2.40. The Morgan fingerprint density at radius 1 is 0.889 bits per heavy atom. The monoisotopic (exact) mass is 498 g/mol. The van der Waals surface area contributed by atoms with E-state index in [0.717, 1.165) is 31.2 Å². The Hall–Kier alpha value is -2.60. The fourth-order valence-electron chi connectivity index (χ4n) is 5.95. The zero-order valence-electron chi connectivity index (χ0n) is 20.7. The molecular weight excluding hydrogens is 465 g/mol. The van der Waals surface area contributed by atoms with Crippen LogP contribution in [0.3, 0.4) is 0 Å². The Labute approximate surface area is 210 Å². The predicted molar refractivity (Wildman–Crippen MR) is 131 cm³/mol. The first kappa shape index (κ1) is 25.1. The van der Waals surface area contributed by atoms with Crippen molar-refractivity contribution in [1.82, 2.24) is 0 Å². The zero-order valence-corrected chi connectivity index (χ0v) is 20.7. The summed E-state index contributed by atoms with van der Waals surface area (Å²) >= 11 is 0. The lowest BCUT2D eigenvalue weighted by Crippen LogP contribution is -2.25. The van der Waals surface area contributed by atoms with Gasteiger partial charge in [-0.05, 0) is 105 Å². The molecule has 1 aliphatic heterocycles. The number of ether oxygens (including phenoxy) is 2. The quantitative estimate of drug-likeness (QED) is 0.231. The minimum atomic E-state index is -1.12. The van der Waals surface area contributed by atoms with Gasteiger partial charge in [0.25, 0.3) is 0 Å². The van der Waals surface area contributed by atoms with Crippen LogP contribution in [0.1, 0.15) is 103 Å². The summed E-state index contributed by atoms with van der Waals surface area (Å²) in [5.41, 5.74) is 1.53. The van der Waals surface area contributed by atoms with Gasteiger partial charge in [0.15, 0.2) is 11.6 Å². The molecule has 36 heavy (non-hydrogen) atoms. The van der Waals surface area contributed by atoms with E-state index >= 15 is 0 Å². The normalized spacial score (nSPS) is 28.3. The molecule has 3 fully saturated rings. The molecule has 192 valence electrons. The van der Waals surface area contributed by atoms with Crippen molar-refractivity contribution in [3.05, 3.63) is 82.2 Å². The minimum Gasteiger partial charge on any atom is -0.459 e. The highest BCUT2D eigenvalue weighted by molar-refractivity contribution is 5.90. The second-order valence-corrected chi connectivity index (χ2v) is 10.4. The molecule has 1 heterocycles. The number of carbonyl (C=O) groups is 1. The summed E-state index contributed by atoms with van der Waals surface area (Å²) in [6.07, 6.45) is 9.79. The lowest BCUT2D eigenvalue weighted by Gasteiger charge is -2.29. The summed E-state index contributed by atoms with van der Waals surface area (Å²) in [6, 6.07) is 8.20. The zero-order chi connectivity index (χ0) is 25.2. The predicted octanol–water partition coefficient (Wildman–Crippen LogP) is 7.91. The Morgan fingerprint density at radius 2 is 1.53 bits per heavy atom. The molecule has 2 aliphatic carbocycles. The molecular formula is C30H33F3O3. The number of halogens is 3. The van der Waals surface area contributed by atoms with Gasteiger partial charge in [-0.15, -0.1) is 0 Å². The topological polar surface area (TPSA) is 38.8 Å². The van der Waals surface area contributed by atoms with Crippen molar-refractivity contribution in [3.8, 4) is 0 Å². The molecule has 0 radical (unpaired) electrons. The van der Waals surface area contributed by atoms with Crippen molar-refractivity contribution in [3.63, 3.8) is 0 Å². The Kier molecular flexibility index (Phi) is 7.52. The van der Waals surface area contributed by atoms with Crippen LogP contribution in [0.25, 0.3) is 0 Å². The molecule has 6 heteroatoms. The van der Waals surface area contributed by atoms with Crippen LogP contribution in [-0.2, 0) is 9.47 Å². The maximum atomic E-state index is 14.9. The molecule has 1 atom stereocenters. The van der Waals surface area contributed by atoms with Crippen LogP contribution >= 0.6 is 0 Å². The van der Waals surface area contributed by atoms with Gasteiger partial charge in [0.05, 0.1) is 12.2 Å². The molecule has 1 saturated heterocycles. The molecule has 0 spiro atoms. The second kappa shape index (κ2) is 10.8. The number of allylic oxidation sites excluding steroid dienone is 2. The Bertz CT molecular complexity index is 1120. The van der Waals surface area contributed by atoms with Crippen molar-refractivity contribution < 1.29 is 27.4 Å². The molecule has 2 saturated carbocycles. The molecule has 5 rings (SSSR count).